The Morgan fingerprint density at radius 3 is 2.08 bits per heavy atom. The number of carbonyl (C=O) groups excluding carboxylic acids is 1. The Bertz CT molecular complexity index is 222. The second-order valence-corrected chi connectivity index (χ2v) is 4.92. The normalized spacial score (nSPS) is 42.9. The minimum atomic E-state index is 0. The van der Waals surface area contributed by atoms with Crippen LogP contribution in [0, 0.1) is 16.7 Å². The third kappa shape index (κ3) is 0.847. The lowest BCUT2D eigenvalue weighted by molar-refractivity contribution is -0.128. The van der Waals surface area contributed by atoms with Crippen LogP contribution in [0.25, 0.3) is 0 Å². The maximum atomic E-state index is 11.6. The van der Waals surface area contributed by atoms with Gasteiger partial charge in [-0.15, -0.1) is 0 Å². The van der Waals surface area contributed by atoms with Crippen LogP contribution in [0.2, 0.25) is 0 Å². The van der Waals surface area contributed by atoms with Gasteiger partial charge < -0.3 is 0 Å². The summed E-state index contributed by atoms with van der Waals surface area (Å²) in [5.74, 6) is 1.19. The Morgan fingerprint density at radius 2 is 1.92 bits per heavy atom. The molecular weight excluding hydrogens is 166 g/mol. The van der Waals surface area contributed by atoms with Crippen LogP contribution >= 0.6 is 13.5 Å². The first-order chi connectivity index (χ1) is 4.98. The predicted molar refractivity (Wildman–Crippen MR) is 54.6 cm³/mol. The number of ketones is 1. The molecule has 2 fully saturated rings. The third-order valence-electron chi connectivity index (χ3n) is 4.48. The summed E-state index contributed by atoms with van der Waals surface area (Å²) in [6.45, 7) is 6.67. The largest absolute Gasteiger partial charge is 0.299 e. The number of carbonyl (C=O) groups is 1. The van der Waals surface area contributed by atoms with E-state index in [2.05, 4.69) is 20.8 Å². The quantitative estimate of drug-likeness (QED) is 0.565. The van der Waals surface area contributed by atoms with Gasteiger partial charge in [-0.25, -0.2) is 0 Å². The van der Waals surface area contributed by atoms with E-state index < -0.39 is 0 Å². The Morgan fingerprint density at radius 1 is 1.33 bits per heavy atom. The average Bonchev–Trinajstić information content (AvgIpc) is 2.20. The molecule has 0 spiro atoms. The van der Waals surface area contributed by atoms with Crippen molar-refractivity contribution in [1.82, 2.24) is 0 Å². The van der Waals surface area contributed by atoms with E-state index in [0.717, 1.165) is 12.8 Å². The van der Waals surface area contributed by atoms with Gasteiger partial charge in [0.25, 0.3) is 0 Å². The molecule has 12 heavy (non-hydrogen) atoms. The zero-order valence-electron chi connectivity index (χ0n) is 8.11. The van der Waals surface area contributed by atoms with Gasteiger partial charge in [-0.05, 0) is 24.2 Å². The molecule has 0 aromatic heterocycles. The second-order valence-electron chi connectivity index (χ2n) is 4.92. The molecule has 2 saturated carbocycles. The summed E-state index contributed by atoms with van der Waals surface area (Å²) in [6, 6.07) is 0. The molecule has 2 aliphatic rings. The van der Waals surface area contributed by atoms with Crippen LogP contribution in [-0.4, -0.2) is 5.78 Å². The molecule has 70 valence electrons. The van der Waals surface area contributed by atoms with Crippen LogP contribution in [0.1, 0.15) is 40.0 Å². The van der Waals surface area contributed by atoms with E-state index in [0.29, 0.717) is 11.7 Å². The number of hydrogen-bond donors (Lipinski definition) is 0. The van der Waals surface area contributed by atoms with Crippen LogP contribution < -0.4 is 0 Å². The molecule has 2 heteroatoms. The highest BCUT2D eigenvalue weighted by Gasteiger charge is 2.61. The number of rotatable bonds is 0. The van der Waals surface area contributed by atoms with Gasteiger partial charge in [-0.2, -0.15) is 13.5 Å². The summed E-state index contributed by atoms with van der Waals surface area (Å²) in [5, 5.41) is 0. The Labute approximate surface area is 81.4 Å². The van der Waals surface area contributed by atoms with Crippen molar-refractivity contribution in [3.8, 4) is 0 Å². The van der Waals surface area contributed by atoms with Gasteiger partial charge in [0.05, 0.1) is 0 Å². The van der Waals surface area contributed by atoms with E-state index in [-0.39, 0.29) is 24.3 Å². The lowest BCUT2D eigenvalue weighted by atomic mass is 9.70. The van der Waals surface area contributed by atoms with Gasteiger partial charge in [-0.3, -0.25) is 4.79 Å². The summed E-state index contributed by atoms with van der Waals surface area (Å²) in [7, 11) is 0. The van der Waals surface area contributed by atoms with Crippen LogP contribution in [0.4, 0.5) is 0 Å². The first-order valence-corrected chi connectivity index (χ1v) is 4.52. The molecule has 0 radical (unpaired) electrons. The molecule has 0 aromatic rings. The van der Waals surface area contributed by atoms with Gasteiger partial charge in [0, 0.05) is 11.8 Å². The van der Waals surface area contributed by atoms with Crippen LogP contribution in [-0.2, 0) is 4.79 Å². The Kier molecular flexibility index (Phi) is 2.11. The van der Waals surface area contributed by atoms with E-state index in [9.17, 15) is 4.79 Å². The smallest absolute Gasteiger partial charge is 0.139 e. The minimum absolute atomic E-state index is 0. The van der Waals surface area contributed by atoms with Crippen molar-refractivity contribution in [3.05, 3.63) is 0 Å². The molecular formula is C10H18OS. The highest BCUT2D eigenvalue weighted by molar-refractivity contribution is 7.59. The summed E-state index contributed by atoms with van der Waals surface area (Å²) >= 11 is 0. The monoisotopic (exact) mass is 184 g/mol. The van der Waals surface area contributed by atoms with Crippen molar-refractivity contribution in [1.29, 1.82) is 0 Å². The van der Waals surface area contributed by atoms with Gasteiger partial charge in [-0.1, -0.05) is 20.8 Å². The molecule has 0 heterocycles. The zero-order chi connectivity index (χ0) is 8.28. The summed E-state index contributed by atoms with van der Waals surface area (Å²) in [4.78, 5) is 11.6. The first-order valence-electron chi connectivity index (χ1n) is 4.52. The maximum absolute atomic E-state index is 11.6. The topological polar surface area (TPSA) is 17.1 Å². The maximum Gasteiger partial charge on any atom is 0.139 e. The Balaban J connectivity index is 0.000000720. The lowest BCUT2D eigenvalue weighted by Crippen LogP contribution is -2.32. The predicted octanol–water partition coefficient (Wildman–Crippen LogP) is 2.51. The van der Waals surface area contributed by atoms with Gasteiger partial charge in [0.15, 0.2) is 0 Å². The molecule has 0 amide bonds. The van der Waals surface area contributed by atoms with Crippen LogP contribution in [0.3, 0.4) is 0 Å². The highest BCUT2D eigenvalue weighted by atomic mass is 30.0. The van der Waals surface area contributed by atoms with Gasteiger partial charge in [0.1, 0.15) is 5.78 Å². The van der Waals surface area contributed by atoms with E-state index in [1.807, 2.05) is 0 Å². The lowest BCUT2D eigenvalue weighted by Gasteiger charge is -2.32. The second kappa shape index (κ2) is 2.50. The van der Waals surface area contributed by atoms with E-state index >= 15 is 0 Å². The van der Waals surface area contributed by atoms with E-state index in [1.54, 1.807) is 0 Å². The van der Waals surface area contributed by atoms with Crippen molar-refractivity contribution >= 4 is 19.3 Å². The molecule has 2 bridgehead atoms. The molecule has 2 aliphatic carbocycles. The highest BCUT2D eigenvalue weighted by Crippen LogP contribution is 2.63. The Hall–Kier alpha value is 0.0200. The van der Waals surface area contributed by atoms with Crippen LogP contribution in [0.15, 0.2) is 0 Å². The SMILES string of the molecule is CC12CCC(CC1=O)C2(C)C.[30SH2]. The van der Waals surface area contributed by atoms with Crippen molar-refractivity contribution < 1.29 is 4.79 Å². The minimum Gasteiger partial charge on any atom is -0.299 e. The number of Topliss-reactive ketones (excluding diaryl/α,β-unsaturated/α-hetero) is 1. The number of hydrogen-bond acceptors (Lipinski definition) is 1. The van der Waals surface area contributed by atoms with E-state index in [1.165, 1.54) is 6.42 Å². The van der Waals surface area contributed by atoms with Crippen molar-refractivity contribution in [2.75, 3.05) is 0 Å². The standard InChI is InChI=1S/C10H16O.H2S/c1-9(2)7-4-5-10(9,3)8(11)6-7;/h7H,4-6H2,1-3H3;1H2/i;1-2. The molecule has 2 unspecified atom stereocenters. The molecule has 0 aromatic carbocycles. The molecule has 0 aliphatic heterocycles. The van der Waals surface area contributed by atoms with Gasteiger partial charge in [0.2, 0.25) is 0 Å². The fourth-order valence-electron chi connectivity index (χ4n) is 2.90. The van der Waals surface area contributed by atoms with Crippen LogP contribution in [0.5, 0.6) is 0 Å². The number of fused-ring (bicyclic) bond motifs is 2. The fourth-order valence-corrected chi connectivity index (χ4v) is 2.90. The fraction of sp³-hybridized carbons (Fsp3) is 0.900. The average molecular weight is 184 g/mol. The third-order valence-corrected chi connectivity index (χ3v) is 4.48. The summed E-state index contributed by atoms with van der Waals surface area (Å²) in [5.41, 5.74) is 0.307. The molecule has 0 N–H and O–H groups in total. The summed E-state index contributed by atoms with van der Waals surface area (Å²) in [6.07, 6.45) is 3.25. The molecule has 0 saturated heterocycles. The first kappa shape index (κ1) is 10.1. The van der Waals surface area contributed by atoms with E-state index in [4.69, 9.17) is 0 Å². The van der Waals surface area contributed by atoms with Gasteiger partial charge >= 0.3 is 0 Å². The van der Waals surface area contributed by atoms with Crippen molar-refractivity contribution in [3.63, 3.8) is 0 Å². The summed E-state index contributed by atoms with van der Waals surface area (Å²) < 4.78 is 0. The molecule has 1 nitrogen and oxygen atoms in total. The van der Waals surface area contributed by atoms with Crippen molar-refractivity contribution in [2.45, 2.75) is 40.0 Å². The molecule has 2 rings (SSSR count). The zero-order valence-corrected chi connectivity index (χ0v) is 9.11. The molecule has 2 atom stereocenters. The van der Waals surface area contributed by atoms with Crippen molar-refractivity contribution in [2.24, 2.45) is 16.7 Å².